The Bertz CT molecular complexity index is 340. The molecule has 0 radical (unpaired) electrons. The van der Waals surface area contributed by atoms with Crippen molar-refractivity contribution in [3.8, 4) is 0 Å². The van der Waals surface area contributed by atoms with E-state index >= 15 is 0 Å². The molecule has 0 aliphatic heterocycles. The Morgan fingerprint density at radius 2 is 1.93 bits per heavy atom. The molecule has 0 saturated heterocycles. The van der Waals surface area contributed by atoms with Crippen LogP contribution in [-0.2, 0) is 0 Å². The van der Waals surface area contributed by atoms with Gasteiger partial charge in [0.1, 0.15) is 0 Å². The van der Waals surface area contributed by atoms with Crippen molar-refractivity contribution < 1.29 is 0 Å². The molecule has 0 aromatic heterocycles. The number of para-hydroxylation sites is 1. The normalized spacial score (nSPS) is 9.20. The number of thiocarbonyl (C=S) groups is 1. The number of nitrogens with one attached hydrogen (secondary N) is 2. The molecule has 0 aliphatic carbocycles. The maximum absolute atomic E-state index is 5.14. The van der Waals surface area contributed by atoms with Gasteiger partial charge >= 0.3 is 0 Å². The third-order valence-electron chi connectivity index (χ3n) is 1.80. The molecule has 2 nitrogen and oxygen atoms in total. The van der Waals surface area contributed by atoms with E-state index in [0.29, 0.717) is 5.11 Å². The topological polar surface area (TPSA) is 24.1 Å². The van der Waals surface area contributed by atoms with Crippen molar-refractivity contribution in [3.05, 3.63) is 42.0 Å². The molecule has 0 amide bonds. The van der Waals surface area contributed by atoms with Gasteiger partial charge in [0, 0.05) is 12.2 Å². The van der Waals surface area contributed by atoms with Gasteiger partial charge in [-0.3, -0.25) is 0 Å². The van der Waals surface area contributed by atoms with E-state index in [1.807, 2.05) is 30.3 Å². The lowest BCUT2D eigenvalue weighted by Gasteiger charge is -2.08. The molecule has 0 heterocycles. The highest BCUT2D eigenvalue weighted by atomic mass is 32.1. The first-order chi connectivity index (χ1) is 7.18. The molecule has 0 bridgehead atoms. The SMILES string of the molecule is CC(C)=CCNC(=S)Nc1ccccc1. The van der Waals surface area contributed by atoms with E-state index in [1.54, 1.807) is 0 Å². The molecule has 15 heavy (non-hydrogen) atoms. The lowest BCUT2D eigenvalue weighted by Crippen LogP contribution is -2.28. The molecule has 0 atom stereocenters. The summed E-state index contributed by atoms with van der Waals surface area (Å²) < 4.78 is 0. The molecular formula is C12H16N2S. The van der Waals surface area contributed by atoms with Crippen molar-refractivity contribution in [3.63, 3.8) is 0 Å². The van der Waals surface area contributed by atoms with Crippen LogP contribution in [0.25, 0.3) is 0 Å². The van der Waals surface area contributed by atoms with Gasteiger partial charge in [-0.05, 0) is 38.2 Å². The van der Waals surface area contributed by atoms with Crippen LogP contribution in [0, 0.1) is 0 Å². The zero-order chi connectivity index (χ0) is 11.1. The summed E-state index contributed by atoms with van der Waals surface area (Å²) in [5.41, 5.74) is 2.29. The fourth-order valence-corrected chi connectivity index (χ4v) is 1.25. The Hall–Kier alpha value is -1.35. The van der Waals surface area contributed by atoms with Crippen molar-refractivity contribution in [2.24, 2.45) is 0 Å². The molecule has 0 fully saturated rings. The predicted molar refractivity (Wildman–Crippen MR) is 70.1 cm³/mol. The van der Waals surface area contributed by atoms with E-state index in [9.17, 15) is 0 Å². The zero-order valence-corrected chi connectivity index (χ0v) is 9.90. The van der Waals surface area contributed by atoms with Gasteiger partial charge in [-0.2, -0.15) is 0 Å². The number of allylic oxidation sites excluding steroid dienone is 1. The summed E-state index contributed by atoms with van der Waals surface area (Å²) in [5.74, 6) is 0. The van der Waals surface area contributed by atoms with E-state index in [1.165, 1.54) is 5.57 Å². The Kier molecular flexibility index (Phi) is 4.84. The quantitative estimate of drug-likeness (QED) is 0.605. The average Bonchev–Trinajstić information content (AvgIpc) is 2.18. The fraction of sp³-hybridized carbons (Fsp3) is 0.250. The van der Waals surface area contributed by atoms with Crippen LogP contribution in [0.4, 0.5) is 5.69 Å². The number of hydrogen-bond donors (Lipinski definition) is 2. The second-order valence-corrected chi connectivity index (χ2v) is 3.89. The standard InChI is InChI=1S/C12H16N2S/c1-10(2)8-9-13-12(15)14-11-6-4-3-5-7-11/h3-8H,9H2,1-2H3,(H2,13,14,15). The number of benzene rings is 1. The van der Waals surface area contributed by atoms with Gasteiger partial charge < -0.3 is 10.6 Å². The molecule has 0 aliphatic rings. The monoisotopic (exact) mass is 220 g/mol. The van der Waals surface area contributed by atoms with Gasteiger partial charge in [-0.1, -0.05) is 29.8 Å². The third-order valence-corrected chi connectivity index (χ3v) is 2.05. The van der Waals surface area contributed by atoms with Crippen LogP contribution in [0.5, 0.6) is 0 Å². The van der Waals surface area contributed by atoms with Crippen LogP contribution in [-0.4, -0.2) is 11.7 Å². The van der Waals surface area contributed by atoms with Gasteiger partial charge in [-0.25, -0.2) is 0 Å². The molecule has 3 heteroatoms. The summed E-state index contributed by atoms with van der Waals surface area (Å²) in [6.45, 7) is 4.89. The number of anilines is 1. The number of rotatable bonds is 3. The molecule has 0 saturated carbocycles. The molecule has 0 spiro atoms. The van der Waals surface area contributed by atoms with E-state index in [4.69, 9.17) is 12.2 Å². The lowest BCUT2D eigenvalue weighted by atomic mass is 10.3. The van der Waals surface area contributed by atoms with E-state index in [-0.39, 0.29) is 0 Å². The summed E-state index contributed by atoms with van der Waals surface area (Å²) >= 11 is 5.14. The molecule has 2 N–H and O–H groups in total. The molecule has 0 unspecified atom stereocenters. The smallest absolute Gasteiger partial charge is 0.171 e. The van der Waals surface area contributed by atoms with Crippen LogP contribution in [0.2, 0.25) is 0 Å². The zero-order valence-electron chi connectivity index (χ0n) is 9.08. The van der Waals surface area contributed by atoms with Gasteiger partial charge in [0.05, 0.1) is 0 Å². The first kappa shape index (κ1) is 11.7. The minimum Gasteiger partial charge on any atom is -0.359 e. The highest BCUT2D eigenvalue weighted by molar-refractivity contribution is 7.80. The van der Waals surface area contributed by atoms with Crippen LogP contribution < -0.4 is 10.6 Å². The highest BCUT2D eigenvalue weighted by Gasteiger charge is 1.93. The minimum atomic E-state index is 0.652. The first-order valence-corrected chi connectivity index (χ1v) is 5.32. The second kappa shape index (κ2) is 6.19. The third kappa shape index (κ3) is 5.18. The van der Waals surface area contributed by atoms with Crippen LogP contribution in [0.1, 0.15) is 13.8 Å². The molecule has 80 valence electrons. The maximum atomic E-state index is 5.14. The van der Waals surface area contributed by atoms with Crippen LogP contribution in [0.3, 0.4) is 0 Å². The average molecular weight is 220 g/mol. The van der Waals surface area contributed by atoms with Crippen molar-refractivity contribution in [2.45, 2.75) is 13.8 Å². The summed E-state index contributed by atoms with van der Waals surface area (Å²) in [7, 11) is 0. The molecule has 1 rings (SSSR count). The molecule has 1 aromatic rings. The first-order valence-electron chi connectivity index (χ1n) is 4.92. The van der Waals surface area contributed by atoms with Gasteiger partial charge in [0.25, 0.3) is 0 Å². The van der Waals surface area contributed by atoms with Gasteiger partial charge in [0.2, 0.25) is 0 Å². The van der Waals surface area contributed by atoms with Crippen molar-refractivity contribution in [2.75, 3.05) is 11.9 Å². The summed E-state index contributed by atoms with van der Waals surface area (Å²) in [4.78, 5) is 0. The van der Waals surface area contributed by atoms with Crippen molar-refractivity contribution >= 4 is 23.0 Å². The summed E-state index contributed by atoms with van der Waals surface area (Å²) in [6.07, 6.45) is 2.10. The fourth-order valence-electron chi connectivity index (χ4n) is 1.04. The minimum absolute atomic E-state index is 0.652. The van der Waals surface area contributed by atoms with Crippen LogP contribution >= 0.6 is 12.2 Å². The summed E-state index contributed by atoms with van der Waals surface area (Å²) in [6, 6.07) is 9.89. The lowest BCUT2D eigenvalue weighted by molar-refractivity contribution is 1.04. The van der Waals surface area contributed by atoms with Crippen LogP contribution in [0.15, 0.2) is 42.0 Å². The van der Waals surface area contributed by atoms with Gasteiger partial charge in [-0.15, -0.1) is 0 Å². The van der Waals surface area contributed by atoms with Crippen molar-refractivity contribution in [1.29, 1.82) is 0 Å². The van der Waals surface area contributed by atoms with Crippen molar-refractivity contribution in [1.82, 2.24) is 5.32 Å². The Morgan fingerprint density at radius 3 is 2.53 bits per heavy atom. The predicted octanol–water partition coefficient (Wildman–Crippen LogP) is 2.94. The van der Waals surface area contributed by atoms with Gasteiger partial charge in [0.15, 0.2) is 5.11 Å². The largest absolute Gasteiger partial charge is 0.359 e. The molecular weight excluding hydrogens is 204 g/mol. The van der Waals surface area contributed by atoms with E-state index in [0.717, 1.165) is 12.2 Å². The molecule has 1 aromatic carbocycles. The van der Waals surface area contributed by atoms with E-state index in [2.05, 4.69) is 30.6 Å². The Morgan fingerprint density at radius 1 is 1.27 bits per heavy atom. The maximum Gasteiger partial charge on any atom is 0.171 e. The Balaban J connectivity index is 2.34. The summed E-state index contributed by atoms with van der Waals surface area (Å²) in [5, 5.41) is 6.86. The Labute approximate surface area is 96.4 Å². The van der Waals surface area contributed by atoms with E-state index < -0.39 is 0 Å². The second-order valence-electron chi connectivity index (χ2n) is 3.48. The number of hydrogen-bond acceptors (Lipinski definition) is 1. The highest BCUT2D eigenvalue weighted by Crippen LogP contribution is 2.04.